The van der Waals surface area contributed by atoms with Gasteiger partial charge in [-0.25, -0.2) is 18.4 Å². The van der Waals surface area contributed by atoms with Crippen LogP contribution in [0.3, 0.4) is 0 Å². The molecule has 0 spiro atoms. The number of hydrogen-bond acceptors (Lipinski definition) is 5. The van der Waals surface area contributed by atoms with Crippen molar-refractivity contribution in [3.05, 3.63) is 46.2 Å². The Bertz CT molecular complexity index is 1080. The first kappa shape index (κ1) is 23.1. The van der Waals surface area contributed by atoms with Gasteiger partial charge in [-0.2, -0.15) is 5.10 Å². The number of carbonyl (C=O) groups is 2. The highest BCUT2D eigenvalue weighted by Gasteiger charge is 2.22. The Morgan fingerprint density at radius 3 is 2.61 bits per heavy atom. The molecule has 164 valence electrons. The van der Waals surface area contributed by atoms with Gasteiger partial charge < -0.3 is 10.6 Å². The summed E-state index contributed by atoms with van der Waals surface area (Å²) in [5, 5.41) is 10.0. The summed E-state index contributed by atoms with van der Waals surface area (Å²) in [5.41, 5.74) is 0.140. The van der Waals surface area contributed by atoms with E-state index in [1.165, 1.54) is 23.9 Å². The summed E-state index contributed by atoms with van der Waals surface area (Å²) in [5.74, 6) is -0.439. The summed E-state index contributed by atoms with van der Waals surface area (Å²) < 4.78 is 27.9. The highest BCUT2D eigenvalue weighted by Crippen LogP contribution is 2.37. The first-order valence-electron chi connectivity index (χ1n) is 9.09. The summed E-state index contributed by atoms with van der Waals surface area (Å²) in [6, 6.07) is 6.03. The lowest BCUT2D eigenvalue weighted by molar-refractivity contribution is -0.119. The van der Waals surface area contributed by atoms with Gasteiger partial charge >= 0.3 is 0 Å². The highest BCUT2D eigenvalue weighted by atomic mass is 35.5. The molecule has 2 N–H and O–H groups in total. The summed E-state index contributed by atoms with van der Waals surface area (Å²) in [6.07, 6.45) is -0.681. The van der Waals surface area contributed by atoms with Crippen molar-refractivity contribution in [2.75, 3.05) is 11.9 Å². The third kappa shape index (κ3) is 5.78. The average Bonchev–Trinajstić information content (AvgIpc) is 3.32. The number of nitrogens with zero attached hydrogens (tertiary/aromatic N) is 3. The molecule has 0 unspecified atom stereocenters. The van der Waals surface area contributed by atoms with Crippen LogP contribution in [0.15, 0.2) is 30.5 Å². The second-order valence-corrected chi connectivity index (χ2v) is 8.25. The van der Waals surface area contributed by atoms with E-state index in [0.29, 0.717) is 28.7 Å². The van der Waals surface area contributed by atoms with Gasteiger partial charge in [0.25, 0.3) is 6.43 Å². The molecule has 0 bridgehead atoms. The molecule has 0 saturated carbocycles. The predicted octanol–water partition coefficient (Wildman–Crippen LogP) is 5.10. The van der Waals surface area contributed by atoms with Crippen LogP contribution in [-0.4, -0.2) is 33.1 Å². The maximum absolute atomic E-state index is 13.3. The molecule has 0 saturated heterocycles. The van der Waals surface area contributed by atoms with Crippen molar-refractivity contribution in [1.29, 1.82) is 0 Å². The van der Waals surface area contributed by atoms with Crippen LogP contribution in [0.25, 0.3) is 16.3 Å². The number of thiazole rings is 1. The average molecular weight is 488 g/mol. The van der Waals surface area contributed by atoms with Crippen LogP contribution in [0.1, 0.15) is 31.9 Å². The third-order valence-electron chi connectivity index (χ3n) is 4.06. The fraction of sp³-hybridized carbons (Fsp3) is 0.263. The number of anilines is 1. The molecule has 1 aromatic carbocycles. The number of amides is 2. The number of rotatable bonds is 8. The Kier molecular flexibility index (Phi) is 7.58. The molecule has 31 heavy (non-hydrogen) atoms. The molecule has 2 amide bonds. The molecule has 0 atom stereocenters. The Labute approximate surface area is 190 Å². The van der Waals surface area contributed by atoms with E-state index in [9.17, 15) is 18.4 Å². The first-order chi connectivity index (χ1) is 14.8. The Hall–Kier alpha value is -2.56. The van der Waals surface area contributed by atoms with Crippen molar-refractivity contribution in [2.45, 2.75) is 26.2 Å². The lowest BCUT2D eigenvalue weighted by Gasteiger charge is -2.10. The van der Waals surface area contributed by atoms with E-state index in [-0.39, 0.29) is 34.0 Å². The van der Waals surface area contributed by atoms with Crippen LogP contribution in [0.2, 0.25) is 10.0 Å². The Balaban J connectivity index is 1.83. The molecular weight excluding hydrogens is 471 g/mol. The molecule has 3 rings (SSSR count). The van der Waals surface area contributed by atoms with E-state index in [0.717, 1.165) is 11.3 Å². The fourth-order valence-electron chi connectivity index (χ4n) is 2.69. The van der Waals surface area contributed by atoms with Gasteiger partial charge in [0, 0.05) is 26.1 Å². The summed E-state index contributed by atoms with van der Waals surface area (Å²) >= 11 is 13.6. The number of benzene rings is 1. The van der Waals surface area contributed by atoms with Gasteiger partial charge in [-0.05, 0) is 24.6 Å². The Morgan fingerprint density at radius 2 is 1.97 bits per heavy atom. The molecule has 12 heteroatoms. The molecule has 2 aromatic heterocycles. The maximum atomic E-state index is 13.3. The van der Waals surface area contributed by atoms with Gasteiger partial charge in [0.05, 0.1) is 20.6 Å². The van der Waals surface area contributed by atoms with Crippen LogP contribution in [0, 0.1) is 0 Å². The fourth-order valence-corrected chi connectivity index (χ4v) is 4.08. The minimum absolute atomic E-state index is 0.164. The monoisotopic (exact) mass is 487 g/mol. The molecule has 0 aliphatic rings. The van der Waals surface area contributed by atoms with Crippen LogP contribution in [0.5, 0.6) is 0 Å². The van der Waals surface area contributed by atoms with Crippen molar-refractivity contribution in [3.63, 3.8) is 0 Å². The van der Waals surface area contributed by atoms with Gasteiger partial charge in [0.2, 0.25) is 11.8 Å². The molecule has 0 fully saturated rings. The molecule has 0 aliphatic heterocycles. The summed E-state index contributed by atoms with van der Waals surface area (Å²) in [7, 11) is 0. The third-order valence-corrected chi connectivity index (χ3v) is 5.61. The highest BCUT2D eigenvalue weighted by molar-refractivity contribution is 7.19. The molecule has 0 radical (unpaired) electrons. The van der Waals surface area contributed by atoms with Crippen molar-refractivity contribution in [2.24, 2.45) is 0 Å². The van der Waals surface area contributed by atoms with E-state index in [1.807, 2.05) is 0 Å². The predicted molar refractivity (Wildman–Crippen MR) is 116 cm³/mol. The van der Waals surface area contributed by atoms with Gasteiger partial charge in [0.15, 0.2) is 5.13 Å². The van der Waals surface area contributed by atoms with Crippen molar-refractivity contribution in [3.8, 4) is 16.3 Å². The minimum Gasteiger partial charge on any atom is -0.356 e. The van der Waals surface area contributed by atoms with Crippen LogP contribution in [0.4, 0.5) is 13.9 Å². The van der Waals surface area contributed by atoms with E-state index in [1.54, 1.807) is 18.2 Å². The number of aromatic nitrogens is 3. The zero-order chi connectivity index (χ0) is 22.5. The van der Waals surface area contributed by atoms with E-state index in [4.69, 9.17) is 23.2 Å². The quantitative estimate of drug-likeness (QED) is 0.432. The lowest BCUT2D eigenvalue weighted by Crippen LogP contribution is -2.22. The van der Waals surface area contributed by atoms with E-state index < -0.39 is 12.1 Å². The minimum atomic E-state index is -2.79. The standard InChI is InChI=1S/C19H17Cl2F2N5O2S/c1-10(29)24-7-3-6-16(30)26-19-25-9-15(31-19)14-8-13(18(22)23)27-28(14)17-11(20)4-2-5-12(17)21/h2,4-5,8-9,18H,3,6-7H2,1H3,(H,24,29)(H,25,26,30). The van der Waals surface area contributed by atoms with Gasteiger partial charge in [-0.3, -0.25) is 9.59 Å². The topological polar surface area (TPSA) is 88.9 Å². The van der Waals surface area contributed by atoms with Crippen LogP contribution < -0.4 is 10.6 Å². The number of alkyl halides is 2. The molecule has 2 heterocycles. The van der Waals surface area contributed by atoms with E-state index in [2.05, 4.69) is 20.7 Å². The smallest absolute Gasteiger partial charge is 0.282 e. The van der Waals surface area contributed by atoms with Crippen LogP contribution >= 0.6 is 34.5 Å². The number of carbonyl (C=O) groups excluding carboxylic acids is 2. The lowest BCUT2D eigenvalue weighted by atomic mass is 10.3. The normalized spacial score (nSPS) is 11.0. The number of hydrogen-bond donors (Lipinski definition) is 2. The molecular formula is C19H17Cl2F2N5O2S. The first-order valence-corrected chi connectivity index (χ1v) is 10.7. The number of para-hydroxylation sites is 1. The van der Waals surface area contributed by atoms with Crippen molar-refractivity contribution >= 4 is 51.5 Å². The summed E-state index contributed by atoms with van der Waals surface area (Å²) in [4.78, 5) is 27.5. The largest absolute Gasteiger partial charge is 0.356 e. The molecule has 3 aromatic rings. The van der Waals surface area contributed by atoms with Crippen molar-refractivity contribution in [1.82, 2.24) is 20.1 Å². The Morgan fingerprint density at radius 1 is 1.26 bits per heavy atom. The SMILES string of the molecule is CC(=O)NCCCC(=O)Nc1ncc(-c2cc(C(F)F)nn2-c2c(Cl)cccc2Cl)s1. The van der Waals surface area contributed by atoms with Gasteiger partial charge in [-0.1, -0.05) is 40.6 Å². The second-order valence-electron chi connectivity index (χ2n) is 6.40. The van der Waals surface area contributed by atoms with Crippen LogP contribution in [-0.2, 0) is 9.59 Å². The van der Waals surface area contributed by atoms with Gasteiger partial charge in [-0.15, -0.1) is 0 Å². The molecule has 7 nitrogen and oxygen atoms in total. The maximum Gasteiger partial charge on any atom is 0.282 e. The van der Waals surface area contributed by atoms with Gasteiger partial charge in [0.1, 0.15) is 11.4 Å². The van der Waals surface area contributed by atoms with E-state index >= 15 is 0 Å². The summed E-state index contributed by atoms with van der Waals surface area (Å²) in [6.45, 7) is 1.79. The van der Waals surface area contributed by atoms with Crippen molar-refractivity contribution < 1.29 is 18.4 Å². The second kappa shape index (κ2) is 10.2. The molecule has 0 aliphatic carbocycles. The number of halogens is 4. The zero-order valence-electron chi connectivity index (χ0n) is 16.2. The zero-order valence-corrected chi connectivity index (χ0v) is 18.5. The number of nitrogens with one attached hydrogen (secondary N) is 2.